The number of rotatable bonds is 3. The summed E-state index contributed by atoms with van der Waals surface area (Å²) >= 11 is 6.11. The van der Waals surface area contributed by atoms with Gasteiger partial charge in [-0.1, -0.05) is 18.5 Å². The number of piperidine rings is 1. The van der Waals surface area contributed by atoms with Gasteiger partial charge in [0.1, 0.15) is 16.9 Å². The van der Waals surface area contributed by atoms with E-state index < -0.39 is 0 Å². The number of aromatic nitrogens is 1. The predicted molar refractivity (Wildman–Crippen MR) is 72.7 cm³/mol. The molecule has 2 heterocycles. The Hall–Kier alpha value is -1.31. The fourth-order valence-corrected chi connectivity index (χ4v) is 2.44. The van der Waals surface area contributed by atoms with E-state index in [0.717, 1.165) is 19.6 Å². The highest BCUT2D eigenvalue weighted by Gasteiger charge is 2.26. The molecule has 0 aliphatic carbocycles. The summed E-state index contributed by atoms with van der Waals surface area (Å²) in [7, 11) is 0. The Morgan fingerprint density at radius 1 is 1.67 bits per heavy atom. The lowest BCUT2D eigenvalue weighted by Crippen LogP contribution is -2.42. The molecule has 0 spiro atoms. The SMILES string of the molecule is CC1(CNc2nccc(C#N)c2Cl)CCCNC1. The summed E-state index contributed by atoms with van der Waals surface area (Å²) in [6.07, 6.45) is 3.98. The lowest BCUT2D eigenvalue weighted by Gasteiger charge is -2.34. The second-order valence-corrected chi connectivity index (χ2v) is 5.46. The Kier molecular flexibility index (Phi) is 4.05. The summed E-state index contributed by atoms with van der Waals surface area (Å²) in [5.41, 5.74) is 0.674. The molecule has 1 aromatic rings. The van der Waals surface area contributed by atoms with Crippen molar-refractivity contribution >= 4 is 17.4 Å². The monoisotopic (exact) mass is 264 g/mol. The number of nitrogens with zero attached hydrogens (tertiary/aromatic N) is 2. The summed E-state index contributed by atoms with van der Waals surface area (Å²) in [4.78, 5) is 4.19. The van der Waals surface area contributed by atoms with Gasteiger partial charge in [0.15, 0.2) is 0 Å². The van der Waals surface area contributed by atoms with Crippen LogP contribution in [-0.2, 0) is 0 Å². The number of hydrogen-bond acceptors (Lipinski definition) is 4. The Bertz CT molecular complexity index is 461. The minimum Gasteiger partial charge on any atom is -0.368 e. The maximum Gasteiger partial charge on any atom is 0.146 e. The minimum atomic E-state index is 0.214. The van der Waals surface area contributed by atoms with Gasteiger partial charge in [0.25, 0.3) is 0 Å². The van der Waals surface area contributed by atoms with Crippen LogP contribution < -0.4 is 10.6 Å². The van der Waals surface area contributed by atoms with Crippen LogP contribution in [0.2, 0.25) is 5.02 Å². The van der Waals surface area contributed by atoms with E-state index in [1.807, 2.05) is 0 Å². The topological polar surface area (TPSA) is 60.7 Å². The van der Waals surface area contributed by atoms with E-state index in [1.54, 1.807) is 12.3 Å². The largest absolute Gasteiger partial charge is 0.368 e. The molecule has 1 unspecified atom stereocenters. The van der Waals surface area contributed by atoms with Gasteiger partial charge < -0.3 is 10.6 Å². The van der Waals surface area contributed by atoms with Crippen LogP contribution in [0.1, 0.15) is 25.3 Å². The van der Waals surface area contributed by atoms with Crippen LogP contribution in [0, 0.1) is 16.7 Å². The highest BCUT2D eigenvalue weighted by molar-refractivity contribution is 6.34. The van der Waals surface area contributed by atoms with E-state index in [0.29, 0.717) is 16.4 Å². The Labute approximate surface area is 112 Å². The third kappa shape index (κ3) is 2.92. The van der Waals surface area contributed by atoms with Crippen molar-refractivity contribution in [3.05, 3.63) is 22.8 Å². The van der Waals surface area contributed by atoms with Crippen molar-refractivity contribution in [1.29, 1.82) is 5.26 Å². The zero-order valence-corrected chi connectivity index (χ0v) is 11.2. The van der Waals surface area contributed by atoms with Gasteiger partial charge in [-0.15, -0.1) is 0 Å². The lowest BCUT2D eigenvalue weighted by molar-refractivity contribution is 0.253. The van der Waals surface area contributed by atoms with Crippen molar-refractivity contribution in [1.82, 2.24) is 10.3 Å². The fraction of sp³-hybridized carbons (Fsp3) is 0.538. The molecule has 5 heteroatoms. The first kappa shape index (κ1) is 13.1. The molecule has 1 aromatic heterocycles. The highest BCUT2D eigenvalue weighted by atomic mass is 35.5. The molecule has 0 amide bonds. The van der Waals surface area contributed by atoms with Gasteiger partial charge in [0.05, 0.1) is 5.56 Å². The molecule has 18 heavy (non-hydrogen) atoms. The third-order valence-electron chi connectivity index (χ3n) is 3.38. The smallest absolute Gasteiger partial charge is 0.146 e. The molecule has 0 bridgehead atoms. The first-order valence-electron chi connectivity index (χ1n) is 6.14. The zero-order chi connectivity index (χ0) is 13.0. The molecule has 1 aliphatic rings. The van der Waals surface area contributed by atoms with Crippen molar-refractivity contribution in [2.24, 2.45) is 5.41 Å². The van der Waals surface area contributed by atoms with Crippen molar-refractivity contribution in [3.8, 4) is 6.07 Å². The number of halogens is 1. The molecular weight excluding hydrogens is 248 g/mol. The first-order valence-corrected chi connectivity index (χ1v) is 6.52. The van der Waals surface area contributed by atoms with Gasteiger partial charge in [-0.2, -0.15) is 5.26 Å². The normalized spacial score (nSPS) is 23.4. The van der Waals surface area contributed by atoms with Crippen LogP contribution in [0.4, 0.5) is 5.82 Å². The van der Waals surface area contributed by atoms with Crippen LogP contribution in [0.15, 0.2) is 12.3 Å². The molecule has 2 rings (SSSR count). The van der Waals surface area contributed by atoms with E-state index in [1.165, 1.54) is 12.8 Å². The van der Waals surface area contributed by atoms with Gasteiger partial charge >= 0.3 is 0 Å². The minimum absolute atomic E-state index is 0.214. The Morgan fingerprint density at radius 2 is 2.50 bits per heavy atom. The molecular formula is C13H17ClN4. The Balaban J connectivity index is 2.04. The number of nitriles is 1. The number of pyridine rings is 1. The van der Waals surface area contributed by atoms with E-state index in [9.17, 15) is 0 Å². The molecule has 96 valence electrons. The summed E-state index contributed by atoms with van der Waals surface area (Å²) in [5, 5.41) is 16.0. The quantitative estimate of drug-likeness (QED) is 0.880. The lowest BCUT2D eigenvalue weighted by atomic mass is 9.83. The molecule has 4 nitrogen and oxygen atoms in total. The van der Waals surface area contributed by atoms with Gasteiger partial charge in [0, 0.05) is 19.3 Å². The second-order valence-electron chi connectivity index (χ2n) is 5.08. The van der Waals surface area contributed by atoms with Gasteiger partial charge in [-0.25, -0.2) is 4.98 Å². The predicted octanol–water partition coefficient (Wildman–Crippen LogP) is 2.41. The summed E-state index contributed by atoms with van der Waals surface area (Å²) in [6, 6.07) is 3.68. The molecule has 0 radical (unpaired) electrons. The molecule has 0 aromatic carbocycles. The second kappa shape index (κ2) is 5.55. The maximum absolute atomic E-state index is 8.91. The van der Waals surface area contributed by atoms with Crippen molar-refractivity contribution in [2.45, 2.75) is 19.8 Å². The molecule has 1 fully saturated rings. The third-order valence-corrected chi connectivity index (χ3v) is 3.76. The van der Waals surface area contributed by atoms with E-state index in [-0.39, 0.29) is 5.41 Å². The van der Waals surface area contributed by atoms with Crippen molar-refractivity contribution in [3.63, 3.8) is 0 Å². The van der Waals surface area contributed by atoms with Gasteiger partial charge in [-0.05, 0) is 30.9 Å². The standard InChI is InChI=1S/C13H17ClN4/c1-13(4-2-5-16-8-13)9-18-12-11(14)10(7-15)3-6-17-12/h3,6,16H,2,4-5,8-9H2,1H3,(H,17,18). The van der Waals surface area contributed by atoms with Crippen LogP contribution in [0.5, 0.6) is 0 Å². The number of hydrogen-bond donors (Lipinski definition) is 2. The average molecular weight is 265 g/mol. The summed E-state index contributed by atoms with van der Waals surface area (Å²) < 4.78 is 0. The molecule has 1 atom stereocenters. The highest BCUT2D eigenvalue weighted by Crippen LogP contribution is 2.28. The van der Waals surface area contributed by atoms with Crippen LogP contribution >= 0.6 is 11.6 Å². The zero-order valence-electron chi connectivity index (χ0n) is 10.5. The van der Waals surface area contributed by atoms with Crippen LogP contribution in [0.25, 0.3) is 0 Å². The van der Waals surface area contributed by atoms with Crippen molar-refractivity contribution in [2.75, 3.05) is 25.0 Å². The molecule has 1 aliphatic heterocycles. The molecule has 1 saturated heterocycles. The Morgan fingerprint density at radius 3 is 3.17 bits per heavy atom. The van der Waals surface area contributed by atoms with Crippen molar-refractivity contribution < 1.29 is 0 Å². The molecule has 0 saturated carbocycles. The number of nitrogens with one attached hydrogen (secondary N) is 2. The summed E-state index contributed by atoms with van der Waals surface area (Å²) in [5.74, 6) is 0.600. The summed E-state index contributed by atoms with van der Waals surface area (Å²) in [6.45, 7) is 5.14. The van der Waals surface area contributed by atoms with E-state index in [2.05, 4.69) is 28.6 Å². The fourth-order valence-electron chi connectivity index (χ4n) is 2.22. The number of anilines is 1. The van der Waals surface area contributed by atoms with Gasteiger partial charge in [-0.3, -0.25) is 0 Å². The molecule has 2 N–H and O–H groups in total. The van der Waals surface area contributed by atoms with E-state index >= 15 is 0 Å². The van der Waals surface area contributed by atoms with Gasteiger partial charge in [0.2, 0.25) is 0 Å². The van der Waals surface area contributed by atoms with Crippen LogP contribution in [0.3, 0.4) is 0 Å². The first-order chi connectivity index (χ1) is 8.64. The maximum atomic E-state index is 8.91. The van der Waals surface area contributed by atoms with E-state index in [4.69, 9.17) is 16.9 Å². The van der Waals surface area contributed by atoms with Crippen LogP contribution in [-0.4, -0.2) is 24.6 Å². The average Bonchev–Trinajstić information content (AvgIpc) is 2.38.